The molecular weight excluding hydrogens is 352 g/mol. The van der Waals surface area contributed by atoms with Gasteiger partial charge in [0.15, 0.2) is 0 Å². The van der Waals surface area contributed by atoms with E-state index < -0.39 is 17.9 Å². The van der Waals surface area contributed by atoms with Gasteiger partial charge in [-0.2, -0.15) is 0 Å². The SMILES string of the molecule is COc1ccc(C)cc1NC(=O)C(=O)NC(c1ccccc1)c1ccccc1. The van der Waals surface area contributed by atoms with Gasteiger partial charge in [-0.15, -0.1) is 0 Å². The molecular formula is C23H22N2O3. The van der Waals surface area contributed by atoms with Crippen molar-refractivity contribution in [1.82, 2.24) is 5.32 Å². The molecule has 0 saturated heterocycles. The van der Waals surface area contributed by atoms with Crippen LogP contribution in [-0.4, -0.2) is 18.9 Å². The monoisotopic (exact) mass is 374 g/mol. The lowest BCUT2D eigenvalue weighted by atomic mass is 9.98. The van der Waals surface area contributed by atoms with Gasteiger partial charge >= 0.3 is 11.8 Å². The fraction of sp³-hybridized carbons (Fsp3) is 0.130. The van der Waals surface area contributed by atoms with Crippen LogP contribution < -0.4 is 15.4 Å². The summed E-state index contributed by atoms with van der Waals surface area (Å²) in [6.45, 7) is 1.90. The third-order valence-electron chi connectivity index (χ3n) is 4.35. The zero-order valence-electron chi connectivity index (χ0n) is 15.8. The van der Waals surface area contributed by atoms with Crippen LogP contribution in [0.1, 0.15) is 22.7 Å². The Kier molecular flexibility index (Phi) is 6.07. The first-order chi connectivity index (χ1) is 13.6. The summed E-state index contributed by atoms with van der Waals surface area (Å²) >= 11 is 0. The minimum absolute atomic E-state index is 0.431. The Morgan fingerprint density at radius 2 is 1.39 bits per heavy atom. The van der Waals surface area contributed by atoms with E-state index in [-0.39, 0.29) is 0 Å². The number of amides is 2. The first kappa shape index (κ1) is 19.2. The Morgan fingerprint density at radius 3 is 1.93 bits per heavy atom. The molecule has 28 heavy (non-hydrogen) atoms. The van der Waals surface area contributed by atoms with E-state index in [1.807, 2.05) is 73.7 Å². The van der Waals surface area contributed by atoms with E-state index in [1.54, 1.807) is 12.1 Å². The van der Waals surface area contributed by atoms with Gasteiger partial charge in [0.05, 0.1) is 18.8 Å². The molecule has 5 heteroatoms. The van der Waals surface area contributed by atoms with Gasteiger partial charge < -0.3 is 15.4 Å². The molecule has 2 N–H and O–H groups in total. The number of methoxy groups -OCH3 is 1. The Morgan fingerprint density at radius 1 is 0.821 bits per heavy atom. The van der Waals surface area contributed by atoms with Crippen LogP contribution in [-0.2, 0) is 9.59 Å². The third kappa shape index (κ3) is 4.57. The van der Waals surface area contributed by atoms with Gasteiger partial charge in [0.1, 0.15) is 5.75 Å². The fourth-order valence-corrected chi connectivity index (χ4v) is 2.95. The number of rotatable bonds is 5. The summed E-state index contributed by atoms with van der Waals surface area (Å²) in [5.74, 6) is -0.976. The summed E-state index contributed by atoms with van der Waals surface area (Å²) in [6, 6.07) is 24.0. The third-order valence-corrected chi connectivity index (χ3v) is 4.35. The summed E-state index contributed by atoms with van der Waals surface area (Å²) in [7, 11) is 1.52. The van der Waals surface area contributed by atoms with Crippen molar-refractivity contribution >= 4 is 17.5 Å². The number of nitrogens with one attached hydrogen (secondary N) is 2. The van der Waals surface area contributed by atoms with E-state index in [2.05, 4.69) is 10.6 Å². The van der Waals surface area contributed by atoms with Crippen molar-refractivity contribution < 1.29 is 14.3 Å². The van der Waals surface area contributed by atoms with Crippen LogP contribution in [0.5, 0.6) is 5.75 Å². The molecule has 0 aromatic heterocycles. The maximum atomic E-state index is 12.6. The maximum absolute atomic E-state index is 12.6. The van der Waals surface area contributed by atoms with E-state index in [0.717, 1.165) is 16.7 Å². The predicted octanol–water partition coefficient (Wildman–Crippen LogP) is 3.85. The number of benzene rings is 3. The molecule has 2 amide bonds. The first-order valence-corrected chi connectivity index (χ1v) is 8.95. The number of anilines is 1. The van der Waals surface area contributed by atoms with Gasteiger partial charge in [0.25, 0.3) is 0 Å². The van der Waals surface area contributed by atoms with Crippen LogP contribution in [0, 0.1) is 6.92 Å². The van der Waals surface area contributed by atoms with Gasteiger partial charge in [-0.05, 0) is 35.7 Å². The van der Waals surface area contributed by atoms with Crippen molar-refractivity contribution in [2.75, 3.05) is 12.4 Å². The lowest BCUT2D eigenvalue weighted by molar-refractivity contribution is -0.136. The topological polar surface area (TPSA) is 67.4 Å². The normalized spacial score (nSPS) is 10.4. The summed E-state index contributed by atoms with van der Waals surface area (Å²) in [4.78, 5) is 25.1. The molecule has 3 aromatic rings. The van der Waals surface area contributed by atoms with Crippen molar-refractivity contribution in [2.45, 2.75) is 13.0 Å². The second kappa shape index (κ2) is 8.86. The van der Waals surface area contributed by atoms with Gasteiger partial charge in [0, 0.05) is 0 Å². The molecule has 0 bridgehead atoms. The number of ether oxygens (including phenoxy) is 1. The van der Waals surface area contributed by atoms with Crippen LogP contribution in [0.2, 0.25) is 0 Å². The molecule has 0 atom stereocenters. The van der Waals surface area contributed by atoms with Gasteiger partial charge in [-0.1, -0.05) is 66.7 Å². The zero-order valence-corrected chi connectivity index (χ0v) is 15.8. The molecule has 0 radical (unpaired) electrons. The average molecular weight is 374 g/mol. The number of aryl methyl sites for hydroxylation is 1. The number of hydrogen-bond acceptors (Lipinski definition) is 3. The molecule has 0 spiro atoms. The quantitative estimate of drug-likeness (QED) is 0.667. The summed E-state index contributed by atoms with van der Waals surface area (Å²) in [5, 5.41) is 5.46. The van der Waals surface area contributed by atoms with Crippen molar-refractivity contribution in [3.63, 3.8) is 0 Å². The van der Waals surface area contributed by atoms with Gasteiger partial charge in [0.2, 0.25) is 0 Å². The highest BCUT2D eigenvalue weighted by atomic mass is 16.5. The molecule has 5 nitrogen and oxygen atoms in total. The summed E-state index contributed by atoms with van der Waals surface area (Å²) in [6.07, 6.45) is 0. The fourth-order valence-electron chi connectivity index (χ4n) is 2.95. The average Bonchev–Trinajstić information content (AvgIpc) is 2.73. The smallest absolute Gasteiger partial charge is 0.313 e. The van der Waals surface area contributed by atoms with Crippen LogP contribution in [0.25, 0.3) is 0 Å². The van der Waals surface area contributed by atoms with E-state index in [9.17, 15) is 9.59 Å². The van der Waals surface area contributed by atoms with Gasteiger partial charge in [-0.25, -0.2) is 0 Å². The lowest BCUT2D eigenvalue weighted by Gasteiger charge is -2.20. The maximum Gasteiger partial charge on any atom is 0.313 e. The first-order valence-electron chi connectivity index (χ1n) is 8.95. The van der Waals surface area contributed by atoms with Gasteiger partial charge in [-0.3, -0.25) is 9.59 Å². The molecule has 3 aromatic carbocycles. The number of carbonyl (C=O) groups excluding carboxylic acids is 2. The standard InChI is InChI=1S/C23H22N2O3/c1-16-13-14-20(28-2)19(15-16)24-22(26)23(27)25-21(17-9-5-3-6-10-17)18-11-7-4-8-12-18/h3-15,21H,1-2H3,(H,24,26)(H,25,27). The van der Waals surface area contributed by atoms with Crippen molar-refractivity contribution in [3.8, 4) is 5.75 Å². The minimum Gasteiger partial charge on any atom is -0.495 e. The van der Waals surface area contributed by atoms with Crippen molar-refractivity contribution in [1.29, 1.82) is 0 Å². The lowest BCUT2D eigenvalue weighted by Crippen LogP contribution is -2.38. The zero-order chi connectivity index (χ0) is 19.9. The van der Waals surface area contributed by atoms with Crippen molar-refractivity contribution in [3.05, 3.63) is 95.6 Å². The second-order valence-electron chi connectivity index (χ2n) is 6.39. The van der Waals surface area contributed by atoms with E-state index >= 15 is 0 Å². The Hall–Kier alpha value is -3.60. The molecule has 0 heterocycles. The van der Waals surface area contributed by atoms with E-state index in [4.69, 9.17) is 4.74 Å². The molecule has 0 aliphatic heterocycles. The molecule has 142 valence electrons. The molecule has 0 aliphatic carbocycles. The molecule has 0 saturated carbocycles. The summed E-state index contributed by atoms with van der Waals surface area (Å²) < 4.78 is 5.25. The molecule has 0 unspecified atom stereocenters. The molecule has 0 aliphatic rings. The predicted molar refractivity (Wildman–Crippen MR) is 109 cm³/mol. The van der Waals surface area contributed by atoms with Crippen LogP contribution in [0.4, 0.5) is 5.69 Å². The van der Waals surface area contributed by atoms with Crippen LogP contribution >= 0.6 is 0 Å². The van der Waals surface area contributed by atoms with E-state index in [1.165, 1.54) is 7.11 Å². The second-order valence-corrected chi connectivity index (χ2v) is 6.39. The highest BCUT2D eigenvalue weighted by molar-refractivity contribution is 6.39. The van der Waals surface area contributed by atoms with Crippen molar-refractivity contribution in [2.24, 2.45) is 0 Å². The largest absolute Gasteiger partial charge is 0.495 e. The highest BCUT2D eigenvalue weighted by Crippen LogP contribution is 2.25. The van der Waals surface area contributed by atoms with Crippen LogP contribution in [0.15, 0.2) is 78.9 Å². The highest BCUT2D eigenvalue weighted by Gasteiger charge is 2.22. The number of hydrogen-bond donors (Lipinski definition) is 2. The number of carbonyl (C=O) groups is 2. The molecule has 3 rings (SSSR count). The Labute approximate surface area is 164 Å². The molecule has 0 fully saturated rings. The van der Waals surface area contributed by atoms with E-state index in [0.29, 0.717) is 11.4 Å². The Balaban J connectivity index is 1.81. The summed E-state index contributed by atoms with van der Waals surface area (Å²) in [5.41, 5.74) is 3.19. The Bertz CT molecular complexity index is 917. The van der Waals surface area contributed by atoms with Crippen LogP contribution in [0.3, 0.4) is 0 Å². The minimum atomic E-state index is -0.749.